The number of nitrogens with one attached hydrogen (secondary N) is 1. The molecule has 2 fully saturated rings. The summed E-state index contributed by atoms with van der Waals surface area (Å²) in [4.78, 5) is 18.5. The monoisotopic (exact) mass is 525 g/mol. The molecule has 0 radical (unpaired) electrons. The number of pyridine rings is 1. The van der Waals surface area contributed by atoms with E-state index in [0.29, 0.717) is 36.4 Å². The highest BCUT2D eigenvalue weighted by atomic mass is 16.5. The number of β-amino-alcohol motifs (C(OH)–C–C–N with tert-alkyl or cyclic N) is 1. The number of aliphatic hydroxyl groups excluding tert-OH is 2. The van der Waals surface area contributed by atoms with Gasteiger partial charge in [0.1, 0.15) is 16.8 Å². The van der Waals surface area contributed by atoms with Crippen LogP contribution in [0.25, 0.3) is 11.0 Å². The van der Waals surface area contributed by atoms with Gasteiger partial charge in [0.05, 0.1) is 32.2 Å². The van der Waals surface area contributed by atoms with Crippen LogP contribution in [-0.2, 0) is 13.1 Å². The minimum atomic E-state index is 0.0675. The number of rotatable bonds is 13. The van der Waals surface area contributed by atoms with Crippen LogP contribution < -0.4 is 15.8 Å². The fourth-order valence-electron chi connectivity index (χ4n) is 5.92. The van der Waals surface area contributed by atoms with E-state index in [1.54, 1.807) is 13.3 Å². The highest BCUT2D eigenvalue weighted by molar-refractivity contribution is 5.86. The molecule has 2 aliphatic rings. The summed E-state index contributed by atoms with van der Waals surface area (Å²) in [5, 5.41) is 26.8. The highest BCUT2D eigenvalue weighted by Crippen LogP contribution is 2.32. The number of hydrogen-bond donors (Lipinski definition) is 4. The van der Waals surface area contributed by atoms with Gasteiger partial charge in [0.15, 0.2) is 5.82 Å². The first-order valence-electron chi connectivity index (χ1n) is 13.5. The molecule has 5 N–H and O–H groups in total. The van der Waals surface area contributed by atoms with E-state index in [4.69, 9.17) is 15.5 Å². The van der Waals surface area contributed by atoms with Crippen LogP contribution in [0.15, 0.2) is 18.5 Å². The molecule has 5 rings (SSSR count). The van der Waals surface area contributed by atoms with E-state index in [2.05, 4.69) is 37.1 Å². The number of anilines is 2. The van der Waals surface area contributed by atoms with Gasteiger partial charge in [-0.15, -0.1) is 0 Å². The molecule has 2 saturated heterocycles. The zero-order chi connectivity index (χ0) is 26.6. The molecule has 12 nitrogen and oxygen atoms in total. The summed E-state index contributed by atoms with van der Waals surface area (Å²) in [6, 6.07) is 3.12. The van der Waals surface area contributed by atoms with Crippen molar-refractivity contribution in [2.45, 2.75) is 63.8 Å². The van der Waals surface area contributed by atoms with Crippen molar-refractivity contribution < 1.29 is 14.9 Å². The molecule has 206 valence electrons. The maximum absolute atomic E-state index is 9.50. The quantitative estimate of drug-likeness (QED) is 0.254. The molecule has 12 heteroatoms. The molecule has 0 spiro atoms. The third kappa shape index (κ3) is 5.53. The van der Waals surface area contributed by atoms with E-state index in [1.165, 1.54) is 0 Å². The topological polar surface area (TPSA) is 151 Å². The summed E-state index contributed by atoms with van der Waals surface area (Å²) in [5.74, 6) is 1.55. The minimum Gasteiger partial charge on any atom is -0.496 e. The number of nitrogen functional groups attached to an aromatic ring is 1. The van der Waals surface area contributed by atoms with Crippen molar-refractivity contribution in [2.24, 2.45) is 0 Å². The standard InChI is InChI=1S/C26H39N9O3/c1-3-4-18(5-7-36)30-25-24-22(31-26(27)32-25)12-29-35(24)13-17-11-28-19(9-23(17)38-2)14-34-16-20-10-21(34)15-33(20)6-8-37/h9,11-12,18,20-21,36-37H,3-8,10,13-16H2,1-2H3,(H3,27,30,31,32)/t18-,20-,21?/m0/s1. The van der Waals surface area contributed by atoms with E-state index in [0.717, 1.165) is 68.0 Å². The van der Waals surface area contributed by atoms with Gasteiger partial charge in [-0.25, -0.2) is 4.98 Å². The van der Waals surface area contributed by atoms with Crippen LogP contribution in [0.1, 0.15) is 43.9 Å². The predicted octanol–water partition coefficient (Wildman–Crippen LogP) is 1.07. The Hall–Kier alpha value is -3.06. The summed E-state index contributed by atoms with van der Waals surface area (Å²) < 4.78 is 7.61. The van der Waals surface area contributed by atoms with Gasteiger partial charge < -0.3 is 26.0 Å². The molecule has 2 aliphatic heterocycles. The predicted molar refractivity (Wildman–Crippen MR) is 145 cm³/mol. The number of fused-ring (bicyclic) bond motifs is 3. The molecule has 0 saturated carbocycles. The Morgan fingerprint density at radius 2 is 1.92 bits per heavy atom. The average Bonchev–Trinajstić information content (AvgIpc) is 3.60. The average molecular weight is 526 g/mol. The first-order valence-corrected chi connectivity index (χ1v) is 13.5. The van der Waals surface area contributed by atoms with Crippen LogP contribution in [0, 0.1) is 0 Å². The normalized spacial score (nSPS) is 20.4. The lowest BCUT2D eigenvalue weighted by Gasteiger charge is -2.33. The second-order valence-electron chi connectivity index (χ2n) is 10.3. The number of piperazine rings is 1. The van der Waals surface area contributed by atoms with E-state index in [-0.39, 0.29) is 25.2 Å². The molecular weight excluding hydrogens is 486 g/mol. The van der Waals surface area contributed by atoms with Crippen LogP contribution in [0.3, 0.4) is 0 Å². The van der Waals surface area contributed by atoms with Crippen molar-refractivity contribution in [1.29, 1.82) is 0 Å². The van der Waals surface area contributed by atoms with Crippen LogP contribution in [0.4, 0.5) is 11.8 Å². The van der Waals surface area contributed by atoms with Gasteiger partial charge in [-0.1, -0.05) is 13.3 Å². The Kier molecular flexibility index (Phi) is 8.22. The molecule has 5 heterocycles. The molecule has 3 atom stereocenters. The Labute approximate surface area is 222 Å². The maximum atomic E-state index is 9.50. The lowest BCUT2D eigenvalue weighted by molar-refractivity contribution is 0.104. The molecular formula is C26H39N9O3. The van der Waals surface area contributed by atoms with Gasteiger partial charge in [-0.05, 0) is 19.3 Å². The van der Waals surface area contributed by atoms with E-state index in [9.17, 15) is 10.2 Å². The summed E-state index contributed by atoms with van der Waals surface area (Å²) >= 11 is 0. The number of methoxy groups -OCH3 is 1. The molecule has 2 bridgehead atoms. The highest BCUT2D eigenvalue weighted by Gasteiger charge is 2.42. The number of hydrogen-bond acceptors (Lipinski definition) is 11. The van der Waals surface area contributed by atoms with Crippen molar-refractivity contribution in [2.75, 3.05) is 51.0 Å². The molecule has 0 aliphatic carbocycles. The Balaban J connectivity index is 1.34. The smallest absolute Gasteiger partial charge is 0.222 e. The summed E-state index contributed by atoms with van der Waals surface area (Å²) in [7, 11) is 1.68. The first kappa shape index (κ1) is 26.5. The van der Waals surface area contributed by atoms with E-state index in [1.807, 2.05) is 16.9 Å². The van der Waals surface area contributed by atoms with Crippen molar-refractivity contribution in [3.8, 4) is 5.75 Å². The summed E-state index contributed by atoms with van der Waals surface area (Å²) in [6.45, 7) is 6.41. The minimum absolute atomic E-state index is 0.0675. The van der Waals surface area contributed by atoms with Crippen LogP contribution in [0.2, 0.25) is 0 Å². The van der Waals surface area contributed by atoms with Crippen molar-refractivity contribution in [3.05, 3.63) is 29.7 Å². The number of likely N-dealkylation sites (tertiary alicyclic amines) is 2. The van der Waals surface area contributed by atoms with Crippen LogP contribution >= 0.6 is 0 Å². The first-order chi connectivity index (χ1) is 18.5. The van der Waals surface area contributed by atoms with Crippen LogP contribution in [-0.4, -0.2) is 103 Å². The molecule has 3 aromatic rings. The van der Waals surface area contributed by atoms with Gasteiger partial charge in [-0.2, -0.15) is 10.1 Å². The van der Waals surface area contributed by atoms with Crippen molar-refractivity contribution >= 4 is 22.8 Å². The molecule has 38 heavy (non-hydrogen) atoms. The Morgan fingerprint density at radius 1 is 1.11 bits per heavy atom. The second kappa shape index (κ2) is 11.8. The second-order valence-corrected chi connectivity index (χ2v) is 10.3. The number of ether oxygens (including phenoxy) is 1. The number of aromatic nitrogens is 5. The van der Waals surface area contributed by atoms with Gasteiger partial charge in [0.2, 0.25) is 5.95 Å². The largest absolute Gasteiger partial charge is 0.496 e. The summed E-state index contributed by atoms with van der Waals surface area (Å²) in [5.41, 5.74) is 9.28. The van der Waals surface area contributed by atoms with Crippen molar-refractivity contribution in [1.82, 2.24) is 34.5 Å². The van der Waals surface area contributed by atoms with Gasteiger partial charge in [0, 0.05) is 68.7 Å². The van der Waals surface area contributed by atoms with Crippen molar-refractivity contribution in [3.63, 3.8) is 0 Å². The molecule has 0 amide bonds. The van der Waals surface area contributed by atoms with Gasteiger partial charge >= 0.3 is 0 Å². The van der Waals surface area contributed by atoms with Gasteiger partial charge in [-0.3, -0.25) is 19.5 Å². The zero-order valence-electron chi connectivity index (χ0n) is 22.3. The number of nitrogens with zero attached hydrogens (tertiary/aromatic N) is 7. The zero-order valence-corrected chi connectivity index (χ0v) is 22.3. The van der Waals surface area contributed by atoms with Gasteiger partial charge in [0.25, 0.3) is 0 Å². The summed E-state index contributed by atoms with van der Waals surface area (Å²) in [6.07, 6.45) is 7.21. The maximum Gasteiger partial charge on any atom is 0.222 e. The molecule has 1 unspecified atom stereocenters. The SMILES string of the molecule is CCC[C@@H](CCO)Nc1nc(N)nc2cnn(Cc3cnc(CN4C[C@@H]5CC4CN5CCO)cc3OC)c12. The van der Waals surface area contributed by atoms with Crippen LogP contribution in [0.5, 0.6) is 5.75 Å². The lowest BCUT2D eigenvalue weighted by Crippen LogP contribution is -2.46. The Bertz CT molecular complexity index is 1230. The third-order valence-corrected chi connectivity index (χ3v) is 7.72. The number of nitrogens with two attached hydrogens (primary N) is 1. The third-order valence-electron chi connectivity index (χ3n) is 7.72. The molecule has 0 aromatic carbocycles. The van der Waals surface area contributed by atoms with E-state index >= 15 is 0 Å². The molecule has 3 aromatic heterocycles. The Morgan fingerprint density at radius 3 is 2.63 bits per heavy atom. The fourth-order valence-corrected chi connectivity index (χ4v) is 5.92. The fraction of sp³-hybridized carbons (Fsp3) is 0.615. The van der Waals surface area contributed by atoms with E-state index < -0.39 is 0 Å². The number of aliphatic hydroxyl groups is 2. The lowest BCUT2D eigenvalue weighted by atomic mass is 10.1.